The minimum Gasteiger partial charge on any atom is -0.469 e. The summed E-state index contributed by atoms with van der Waals surface area (Å²) in [5.41, 5.74) is 1.14. The van der Waals surface area contributed by atoms with Crippen LogP contribution in [0.25, 0.3) is 10.9 Å². The Bertz CT molecular complexity index is 793. The quantitative estimate of drug-likeness (QED) is 0.704. The van der Waals surface area contributed by atoms with Gasteiger partial charge in [-0.25, -0.2) is 0 Å². The number of amides is 1. The molecule has 0 saturated carbocycles. The Balaban J connectivity index is 1.53. The van der Waals surface area contributed by atoms with Crippen LogP contribution in [0.1, 0.15) is 19.1 Å². The molecule has 0 bridgehead atoms. The molecule has 0 aliphatic carbocycles. The molecule has 0 aliphatic heterocycles. The molecule has 3 aromatic rings. The molecule has 2 aromatic heterocycles. The second kappa shape index (κ2) is 7.04. The zero-order valence-corrected chi connectivity index (χ0v) is 14.5. The van der Waals surface area contributed by atoms with Crippen LogP contribution in [0.2, 0.25) is 0 Å². The van der Waals surface area contributed by atoms with Crippen molar-refractivity contribution in [3.8, 4) is 0 Å². The number of fused-ring (bicyclic) bond motifs is 1. The number of rotatable bonds is 6. The molecule has 1 N–H and O–H groups in total. The van der Waals surface area contributed by atoms with E-state index in [1.165, 1.54) is 5.39 Å². The van der Waals surface area contributed by atoms with E-state index in [0.29, 0.717) is 19.4 Å². The van der Waals surface area contributed by atoms with Crippen molar-refractivity contribution in [2.45, 2.75) is 32.4 Å². The summed E-state index contributed by atoms with van der Waals surface area (Å²) in [6.45, 7) is 2.66. The summed E-state index contributed by atoms with van der Waals surface area (Å²) in [7, 11) is 0. The van der Waals surface area contributed by atoms with Gasteiger partial charge in [-0.2, -0.15) is 0 Å². The first-order chi connectivity index (χ1) is 11.1. The maximum atomic E-state index is 12.1. The summed E-state index contributed by atoms with van der Waals surface area (Å²) in [5.74, 6) is 0.947. The maximum absolute atomic E-state index is 12.1. The van der Waals surface area contributed by atoms with Crippen molar-refractivity contribution in [1.82, 2.24) is 9.88 Å². The average molecular weight is 375 g/mol. The fourth-order valence-corrected chi connectivity index (χ4v) is 3.10. The molecule has 23 heavy (non-hydrogen) atoms. The average Bonchev–Trinajstić information content (AvgIpc) is 3.14. The molecule has 1 amide bonds. The fourth-order valence-electron chi connectivity index (χ4n) is 2.72. The first kappa shape index (κ1) is 15.9. The van der Waals surface area contributed by atoms with Gasteiger partial charge in [0.05, 0.1) is 6.26 Å². The van der Waals surface area contributed by atoms with Crippen molar-refractivity contribution in [3.63, 3.8) is 0 Å². The number of furan rings is 1. The second-order valence-electron chi connectivity index (χ2n) is 5.71. The molecule has 0 unspecified atom stereocenters. The summed E-state index contributed by atoms with van der Waals surface area (Å²) >= 11 is 3.47. The van der Waals surface area contributed by atoms with Gasteiger partial charge >= 0.3 is 0 Å². The largest absolute Gasteiger partial charge is 0.469 e. The van der Waals surface area contributed by atoms with Gasteiger partial charge in [-0.15, -0.1) is 0 Å². The van der Waals surface area contributed by atoms with E-state index in [4.69, 9.17) is 4.42 Å². The molecule has 1 atom stereocenters. The molecular formula is C18H19BrN2O2. The van der Waals surface area contributed by atoms with Gasteiger partial charge in [0.1, 0.15) is 5.76 Å². The van der Waals surface area contributed by atoms with Gasteiger partial charge in [0.15, 0.2) is 0 Å². The van der Waals surface area contributed by atoms with E-state index in [0.717, 1.165) is 15.7 Å². The normalized spacial score (nSPS) is 12.4. The lowest BCUT2D eigenvalue weighted by Crippen LogP contribution is -2.34. The SMILES string of the molecule is C[C@@H](Cc1ccco1)NC(=O)CCn1ccc2cc(Br)ccc21. The van der Waals surface area contributed by atoms with E-state index in [-0.39, 0.29) is 11.9 Å². The lowest BCUT2D eigenvalue weighted by molar-refractivity contribution is -0.121. The van der Waals surface area contributed by atoms with Crippen LogP contribution < -0.4 is 5.32 Å². The highest BCUT2D eigenvalue weighted by Crippen LogP contribution is 2.21. The van der Waals surface area contributed by atoms with E-state index in [2.05, 4.69) is 44.0 Å². The van der Waals surface area contributed by atoms with Crippen LogP contribution in [0.15, 0.2) is 57.7 Å². The molecule has 4 nitrogen and oxygen atoms in total. The number of benzene rings is 1. The number of carbonyl (C=O) groups excluding carboxylic acids is 1. The molecule has 120 valence electrons. The predicted molar refractivity (Wildman–Crippen MR) is 94.3 cm³/mol. The van der Waals surface area contributed by atoms with Crippen molar-refractivity contribution >= 4 is 32.7 Å². The Morgan fingerprint density at radius 1 is 1.35 bits per heavy atom. The third-order valence-corrected chi connectivity index (χ3v) is 4.30. The maximum Gasteiger partial charge on any atom is 0.222 e. The fraction of sp³-hybridized carbons (Fsp3) is 0.278. The molecule has 0 spiro atoms. The first-order valence-electron chi connectivity index (χ1n) is 7.68. The number of nitrogens with zero attached hydrogens (tertiary/aromatic N) is 1. The highest BCUT2D eigenvalue weighted by atomic mass is 79.9. The summed E-state index contributed by atoms with van der Waals surface area (Å²) in [6, 6.07) is 12.1. The summed E-state index contributed by atoms with van der Waals surface area (Å²) in [5, 5.41) is 4.19. The van der Waals surface area contributed by atoms with E-state index in [1.807, 2.05) is 31.3 Å². The topological polar surface area (TPSA) is 47.2 Å². The summed E-state index contributed by atoms with van der Waals surface area (Å²) in [6.07, 6.45) is 4.84. The van der Waals surface area contributed by atoms with Gasteiger partial charge in [-0.05, 0) is 43.3 Å². The van der Waals surface area contributed by atoms with Crippen LogP contribution in [0.5, 0.6) is 0 Å². The van der Waals surface area contributed by atoms with Crippen molar-refractivity contribution in [2.75, 3.05) is 0 Å². The summed E-state index contributed by atoms with van der Waals surface area (Å²) < 4.78 is 8.48. The van der Waals surface area contributed by atoms with E-state index in [9.17, 15) is 4.79 Å². The van der Waals surface area contributed by atoms with Crippen molar-refractivity contribution in [2.24, 2.45) is 0 Å². The highest BCUT2D eigenvalue weighted by Gasteiger charge is 2.10. The van der Waals surface area contributed by atoms with Gasteiger partial charge in [0, 0.05) is 47.0 Å². The van der Waals surface area contributed by atoms with Crippen LogP contribution in [0.4, 0.5) is 0 Å². The van der Waals surface area contributed by atoms with Gasteiger partial charge in [-0.3, -0.25) is 4.79 Å². The van der Waals surface area contributed by atoms with Crippen LogP contribution in [0, 0.1) is 0 Å². The zero-order valence-electron chi connectivity index (χ0n) is 13.0. The molecule has 5 heteroatoms. The van der Waals surface area contributed by atoms with Gasteiger partial charge < -0.3 is 14.3 Å². The molecule has 0 aliphatic rings. The number of aryl methyl sites for hydroxylation is 1. The lowest BCUT2D eigenvalue weighted by atomic mass is 10.2. The number of hydrogen-bond donors (Lipinski definition) is 1. The van der Waals surface area contributed by atoms with E-state index >= 15 is 0 Å². The van der Waals surface area contributed by atoms with Crippen LogP contribution in [-0.2, 0) is 17.8 Å². The predicted octanol–water partition coefficient (Wildman–Crippen LogP) is 4.13. The Labute approximate surface area is 143 Å². The number of aromatic nitrogens is 1. The van der Waals surface area contributed by atoms with Gasteiger partial charge in [0.2, 0.25) is 5.91 Å². The van der Waals surface area contributed by atoms with Crippen LogP contribution in [-0.4, -0.2) is 16.5 Å². The Kier molecular flexibility index (Phi) is 4.86. The molecule has 3 rings (SSSR count). The second-order valence-corrected chi connectivity index (χ2v) is 6.63. The minimum atomic E-state index is 0.0583. The number of hydrogen-bond acceptors (Lipinski definition) is 2. The Hall–Kier alpha value is -2.01. The zero-order chi connectivity index (χ0) is 16.2. The number of halogens is 1. The Morgan fingerprint density at radius 2 is 2.22 bits per heavy atom. The Morgan fingerprint density at radius 3 is 3.00 bits per heavy atom. The molecular weight excluding hydrogens is 356 g/mol. The third-order valence-electron chi connectivity index (χ3n) is 3.81. The van der Waals surface area contributed by atoms with Crippen molar-refractivity contribution < 1.29 is 9.21 Å². The standard InChI is InChI=1S/C18H19BrN2O2/c1-13(11-16-3-2-10-23-16)20-18(22)7-9-21-8-6-14-12-15(19)4-5-17(14)21/h2-6,8,10,12-13H,7,9,11H2,1H3,(H,20,22)/t13-/m0/s1. The van der Waals surface area contributed by atoms with E-state index in [1.54, 1.807) is 6.26 Å². The van der Waals surface area contributed by atoms with Crippen molar-refractivity contribution in [3.05, 3.63) is 59.1 Å². The third kappa shape index (κ3) is 4.05. The molecule has 1 aromatic carbocycles. The highest BCUT2D eigenvalue weighted by molar-refractivity contribution is 9.10. The monoisotopic (exact) mass is 374 g/mol. The van der Waals surface area contributed by atoms with Crippen LogP contribution in [0.3, 0.4) is 0 Å². The smallest absolute Gasteiger partial charge is 0.222 e. The molecule has 0 saturated heterocycles. The van der Waals surface area contributed by atoms with Crippen LogP contribution >= 0.6 is 15.9 Å². The number of carbonyl (C=O) groups is 1. The van der Waals surface area contributed by atoms with Crippen molar-refractivity contribution in [1.29, 1.82) is 0 Å². The van der Waals surface area contributed by atoms with Gasteiger partial charge in [-0.1, -0.05) is 15.9 Å². The number of nitrogens with one attached hydrogen (secondary N) is 1. The lowest BCUT2D eigenvalue weighted by Gasteiger charge is -2.13. The molecule has 2 heterocycles. The first-order valence-corrected chi connectivity index (χ1v) is 8.47. The molecule has 0 radical (unpaired) electrons. The summed E-state index contributed by atoms with van der Waals surface area (Å²) in [4.78, 5) is 12.1. The molecule has 0 fully saturated rings. The van der Waals surface area contributed by atoms with Gasteiger partial charge in [0.25, 0.3) is 0 Å². The van der Waals surface area contributed by atoms with E-state index < -0.39 is 0 Å². The minimum absolute atomic E-state index is 0.0583.